The molecule has 0 aromatic carbocycles. The molecule has 0 aliphatic heterocycles. The van der Waals surface area contributed by atoms with Crippen LogP contribution in [0.5, 0.6) is 0 Å². The van der Waals surface area contributed by atoms with E-state index in [1.165, 1.54) is 0 Å². The summed E-state index contributed by atoms with van der Waals surface area (Å²) in [6.45, 7) is 12.3. The van der Waals surface area contributed by atoms with E-state index < -0.39 is 0 Å². The van der Waals surface area contributed by atoms with Gasteiger partial charge in [0.2, 0.25) is 0 Å². The normalized spacial score (nSPS) is 7.88. The zero-order valence-corrected chi connectivity index (χ0v) is 13.3. The van der Waals surface area contributed by atoms with E-state index in [0.29, 0.717) is 0 Å². The molecule has 0 rings (SSSR count). The number of hydrogen-bond donors (Lipinski definition) is 4. The van der Waals surface area contributed by atoms with Crippen LogP contribution in [0.4, 0.5) is 0 Å². The quantitative estimate of drug-likeness (QED) is 0.500. The Morgan fingerprint density at radius 3 is 0.688 bits per heavy atom. The van der Waals surface area contributed by atoms with Gasteiger partial charge in [-0.3, -0.25) is 0 Å². The molecule has 0 heterocycles. The molecular formula is C11H30O4Ti. The fourth-order valence-corrected chi connectivity index (χ4v) is 0. The van der Waals surface area contributed by atoms with Gasteiger partial charge in [-0.2, -0.15) is 0 Å². The van der Waals surface area contributed by atoms with Crippen molar-refractivity contribution < 1.29 is 42.1 Å². The minimum atomic E-state index is -0.167. The van der Waals surface area contributed by atoms with E-state index in [2.05, 4.69) is 0 Å². The van der Waals surface area contributed by atoms with E-state index in [1.807, 2.05) is 0 Å². The van der Waals surface area contributed by atoms with Crippen LogP contribution in [0.1, 0.15) is 48.5 Å². The van der Waals surface area contributed by atoms with Crippen LogP contribution < -0.4 is 0 Å². The molecular weight excluding hydrogens is 244 g/mol. The molecule has 4 nitrogen and oxygen atoms in total. The summed E-state index contributed by atoms with van der Waals surface area (Å²) in [6.07, 6.45) is -0.500. The average molecular weight is 274 g/mol. The predicted octanol–water partition coefficient (Wildman–Crippen LogP) is 1.16. The fraction of sp³-hybridized carbons (Fsp3) is 1.00. The van der Waals surface area contributed by atoms with Gasteiger partial charge in [-0.05, 0) is 48.5 Å². The van der Waals surface area contributed by atoms with Crippen molar-refractivity contribution in [3.05, 3.63) is 0 Å². The van der Waals surface area contributed by atoms with Gasteiger partial charge in [0.25, 0.3) is 0 Å². The zero-order chi connectivity index (χ0) is 13.4. The first-order chi connectivity index (χ1) is 6.61. The van der Waals surface area contributed by atoms with Crippen molar-refractivity contribution in [2.45, 2.75) is 66.8 Å². The van der Waals surface area contributed by atoms with Crippen LogP contribution in [0.25, 0.3) is 0 Å². The minimum Gasteiger partial charge on any atom is -0.397 e. The summed E-state index contributed by atoms with van der Waals surface area (Å²) in [5.41, 5.74) is 0. The molecule has 0 atom stereocenters. The van der Waals surface area contributed by atoms with Gasteiger partial charge in [0, 0.05) is 46.6 Å². The predicted molar refractivity (Wildman–Crippen MR) is 64.8 cm³/mol. The van der Waals surface area contributed by atoms with E-state index in [0.717, 1.165) is 0 Å². The molecule has 0 amide bonds. The standard InChI is InChI=1S/3C3H8O.C2H6O.Ti/c3*1-3(2)4;1-2-3;/h3*3-4H,1-2H3;3H,2H2,1H3;. The van der Waals surface area contributed by atoms with Crippen molar-refractivity contribution >= 4 is 0 Å². The molecule has 0 aromatic heterocycles. The van der Waals surface area contributed by atoms with Crippen LogP contribution >= 0.6 is 0 Å². The maximum absolute atomic E-state index is 8.06. The van der Waals surface area contributed by atoms with Crippen LogP contribution in [0.3, 0.4) is 0 Å². The van der Waals surface area contributed by atoms with E-state index in [9.17, 15) is 0 Å². The van der Waals surface area contributed by atoms with Crippen molar-refractivity contribution in [2.24, 2.45) is 0 Å². The van der Waals surface area contributed by atoms with Gasteiger partial charge >= 0.3 is 0 Å². The molecule has 16 heavy (non-hydrogen) atoms. The summed E-state index contributed by atoms with van der Waals surface area (Å²) < 4.78 is 0. The van der Waals surface area contributed by atoms with Crippen molar-refractivity contribution in [1.82, 2.24) is 0 Å². The summed E-state index contributed by atoms with van der Waals surface area (Å²) >= 11 is 0. The number of aliphatic hydroxyl groups is 4. The summed E-state index contributed by atoms with van der Waals surface area (Å²) in [5.74, 6) is 0. The Labute approximate surface area is 116 Å². The molecule has 0 aromatic rings. The van der Waals surface area contributed by atoms with Crippen molar-refractivity contribution in [2.75, 3.05) is 6.61 Å². The van der Waals surface area contributed by atoms with Gasteiger partial charge in [0.05, 0.1) is 0 Å². The first-order valence-corrected chi connectivity index (χ1v) is 5.26. The molecule has 0 bridgehead atoms. The summed E-state index contributed by atoms with van der Waals surface area (Å²) in [7, 11) is 0. The van der Waals surface area contributed by atoms with Crippen LogP contribution in [-0.2, 0) is 21.7 Å². The van der Waals surface area contributed by atoms with Crippen LogP contribution in [-0.4, -0.2) is 45.3 Å². The topological polar surface area (TPSA) is 80.9 Å². The first kappa shape index (κ1) is 30.0. The van der Waals surface area contributed by atoms with Crippen molar-refractivity contribution in [3.8, 4) is 0 Å². The minimum absolute atomic E-state index is 0. The fourth-order valence-electron chi connectivity index (χ4n) is 0. The van der Waals surface area contributed by atoms with Gasteiger partial charge in [-0.15, -0.1) is 0 Å². The van der Waals surface area contributed by atoms with Crippen molar-refractivity contribution in [3.63, 3.8) is 0 Å². The molecule has 0 fully saturated rings. The van der Waals surface area contributed by atoms with Gasteiger partial charge < -0.3 is 20.4 Å². The Kier molecular flexibility index (Phi) is 55.5. The molecule has 5 heteroatoms. The molecule has 0 spiro atoms. The van der Waals surface area contributed by atoms with Gasteiger partial charge in [-0.1, -0.05) is 0 Å². The molecule has 0 saturated carbocycles. The Bertz CT molecular complexity index is 55.9. The third-order valence-corrected chi connectivity index (χ3v) is 0. The zero-order valence-electron chi connectivity index (χ0n) is 11.7. The summed E-state index contributed by atoms with van der Waals surface area (Å²) in [6, 6.07) is 0. The Hall–Kier alpha value is 0.554. The third-order valence-electron chi connectivity index (χ3n) is 0. The largest absolute Gasteiger partial charge is 0.397 e. The van der Waals surface area contributed by atoms with Gasteiger partial charge in [-0.25, -0.2) is 0 Å². The monoisotopic (exact) mass is 274 g/mol. The summed E-state index contributed by atoms with van der Waals surface area (Å²) in [5, 5.41) is 31.7. The molecule has 4 N–H and O–H groups in total. The molecule has 0 saturated heterocycles. The van der Waals surface area contributed by atoms with E-state index in [1.54, 1.807) is 48.5 Å². The van der Waals surface area contributed by atoms with Gasteiger partial charge in [0.15, 0.2) is 0 Å². The Morgan fingerprint density at radius 1 is 0.688 bits per heavy atom. The van der Waals surface area contributed by atoms with E-state index in [-0.39, 0.29) is 46.6 Å². The SMILES string of the molecule is CC(C)O.CC(C)O.CC(C)O.CCO.[Ti]. The van der Waals surface area contributed by atoms with Crippen LogP contribution in [0.2, 0.25) is 0 Å². The van der Waals surface area contributed by atoms with E-state index >= 15 is 0 Å². The molecule has 0 unspecified atom stereocenters. The second kappa shape index (κ2) is 29.6. The third kappa shape index (κ3) is 8700. The van der Waals surface area contributed by atoms with Gasteiger partial charge in [0.1, 0.15) is 0 Å². The second-order valence-corrected chi connectivity index (χ2v) is 3.60. The average Bonchev–Trinajstić information content (AvgIpc) is 1.81. The molecule has 0 radical (unpaired) electrons. The van der Waals surface area contributed by atoms with Crippen molar-refractivity contribution in [1.29, 1.82) is 0 Å². The first-order valence-electron chi connectivity index (χ1n) is 5.26. The number of aliphatic hydroxyl groups excluding tert-OH is 4. The number of rotatable bonds is 0. The summed E-state index contributed by atoms with van der Waals surface area (Å²) in [4.78, 5) is 0. The molecule has 0 aliphatic rings. The maximum Gasteiger partial charge on any atom is 0.0483 e. The maximum atomic E-state index is 8.06. The van der Waals surface area contributed by atoms with Crippen LogP contribution in [0, 0.1) is 0 Å². The second-order valence-electron chi connectivity index (χ2n) is 3.60. The smallest absolute Gasteiger partial charge is 0.0483 e. The Morgan fingerprint density at radius 2 is 0.688 bits per heavy atom. The molecule has 102 valence electrons. The number of hydrogen-bond acceptors (Lipinski definition) is 4. The van der Waals surface area contributed by atoms with E-state index in [4.69, 9.17) is 20.4 Å². The van der Waals surface area contributed by atoms with Crippen LogP contribution in [0.15, 0.2) is 0 Å². The Balaban J connectivity index is -0.0000000331. The molecule has 0 aliphatic carbocycles.